The third-order valence-corrected chi connectivity index (χ3v) is 7.86. The number of carboxylic acid groups (broad SMARTS) is 1. The SMILES string of the molecule is O=C(CC(c1ccccc1)(c1ccccc1)c1ccccc1)N[C@@H](CC[S@](=O)c1ccccc1)C(=O)O. The summed E-state index contributed by atoms with van der Waals surface area (Å²) in [6.07, 6.45) is 0.0637. The molecule has 0 heterocycles. The van der Waals surface area contributed by atoms with E-state index < -0.39 is 34.1 Å². The number of amides is 1. The zero-order valence-electron chi connectivity index (χ0n) is 20.3. The minimum atomic E-state index is -1.36. The Balaban J connectivity index is 1.63. The van der Waals surface area contributed by atoms with E-state index in [0.717, 1.165) is 16.7 Å². The summed E-state index contributed by atoms with van der Waals surface area (Å²) >= 11 is 0. The number of rotatable bonds is 11. The molecule has 4 rings (SSSR count). The highest BCUT2D eigenvalue weighted by molar-refractivity contribution is 7.85. The van der Waals surface area contributed by atoms with Gasteiger partial charge in [0.1, 0.15) is 6.04 Å². The second-order valence-electron chi connectivity index (χ2n) is 8.79. The molecule has 0 aliphatic heterocycles. The largest absolute Gasteiger partial charge is 0.480 e. The lowest BCUT2D eigenvalue weighted by Gasteiger charge is -2.36. The number of benzene rings is 4. The molecule has 2 atom stereocenters. The molecule has 5 nitrogen and oxygen atoms in total. The molecule has 0 spiro atoms. The maximum atomic E-state index is 13.6. The average molecular weight is 512 g/mol. The molecule has 0 aromatic heterocycles. The van der Waals surface area contributed by atoms with Gasteiger partial charge in [-0.25, -0.2) is 4.79 Å². The van der Waals surface area contributed by atoms with Crippen LogP contribution in [0.2, 0.25) is 0 Å². The van der Waals surface area contributed by atoms with Gasteiger partial charge in [-0.15, -0.1) is 0 Å². The summed E-state index contributed by atoms with van der Waals surface area (Å²) in [4.78, 5) is 26.2. The molecule has 0 aliphatic carbocycles. The van der Waals surface area contributed by atoms with E-state index in [2.05, 4.69) is 5.32 Å². The molecule has 0 unspecified atom stereocenters. The predicted molar refractivity (Wildman–Crippen MR) is 146 cm³/mol. The summed E-state index contributed by atoms with van der Waals surface area (Å²) in [6.45, 7) is 0. The monoisotopic (exact) mass is 511 g/mol. The van der Waals surface area contributed by atoms with Gasteiger partial charge in [0.2, 0.25) is 5.91 Å². The topological polar surface area (TPSA) is 83.5 Å². The van der Waals surface area contributed by atoms with E-state index in [4.69, 9.17) is 0 Å². The molecular weight excluding hydrogens is 482 g/mol. The zero-order valence-corrected chi connectivity index (χ0v) is 21.1. The highest BCUT2D eigenvalue weighted by atomic mass is 32.2. The van der Waals surface area contributed by atoms with E-state index in [0.29, 0.717) is 4.90 Å². The van der Waals surface area contributed by atoms with Crippen LogP contribution < -0.4 is 5.32 Å². The van der Waals surface area contributed by atoms with E-state index in [1.54, 1.807) is 24.3 Å². The summed E-state index contributed by atoms with van der Waals surface area (Å²) in [5, 5.41) is 12.6. The fraction of sp³-hybridized carbons (Fsp3) is 0.161. The summed E-state index contributed by atoms with van der Waals surface area (Å²) in [5.74, 6) is -1.42. The second-order valence-corrected chi connectivity index (χ2v) is 10.4. The third-order valence-electron chi connectivity index (χ3n) is 6.46. The van der Waals surface area contributed by atoms with E-state index in [1.807, 2.05) is 97.1 Å². The van der Waals surface area contributed by atoms with Gasteiger partial charge in [0.25, 0.3) is 0 Å². The first-order valence-corrected chi connectivity index (χ1v) is 13.4. The minimum Gasteiger partial charge on any atom is -0.480 e. The lowest BCUT2D eigenvalue weighted by molar-refractivity contribution is -0.142. The summed E-state index contributed by atoms with van der Waals surface area (Å²) in [6, 6.07) is 37.1. The molecule has 4 aromatic rings. The molecule has 0 saturated carbocycles. The van der Waals surface area contributed by atoms with Crippen molar-refractivity contribution in [1.82, 2.24) is 5.32 Å². The Hall–Kier alpha value is -4.03. The van der Waals surface area contributed by atoms with Gasteiger partial charge in [0.05, 0.1) is 16.2 Å². The summed E-state index contributed by atoms with van der Waals surface area (Å²) < 4.78 is 12.6. The van der Waals surface area contributed by atoms with Crippen molar-refractivity contribution in [3.63, 3.8) is 0 Å². The molecule has 6 heteroatoms. The van der Waals surface area contributed by atoms with Crippen molar-refractivity contribution < 1.29 is 18.9 Å². The Bertz CT molecular complexity index is 1230. The van der Waals surface area contributed by atoms with Crippen molar-refractivity contribution in [2.75, 3.05) is 5.75 Å². The molecule has 0 radical (unpaired) electrons. The maximum absolute atomic E-state index is 13.6. The van der Waals surface area contributed by atoms with E-state index >= 15 is 0 Å². The van der Waals surface area contributed by atoms with Crippen LogP contribution in [0.3, 0.4) is 0 Å². The van der Waals surface area contributed by atoms with Gasteiger partial charge in [-0.1, -0.05) is 109 Å². The van der Waals surface area contributed by atoms with Crippen LogP contribution in [0.1, 0.15) is 29.5 Å². The smallest absolute Gasteiger partial charge is 0.326 e. The molecule has 37 heavy (non-hydrogen) atoms. The van der Waals surface area contributed by atoms with Crippen molar-refractivity contribution >= 4 is 22.7 Å². The van der Waals surface area contributed by atoms with E-state index in [1.165, 1.54) is 0 Å². The average Bonchev–Trinajstić information content (AvgIpc) is 2.95. The van der Waals surface area contributed by atoms with Gasteiger partial charge in [0, 0.05) is 17.1 Å². The van der Waals surface area contributed by atoms with Gasteiger partial charge in [-0.2, -0.15) is 0 Å². The molecular formula is C31H29NO4S. The molecule has 2 N–H and O–H groups in total. The lowest BCUT2D eigenvalue weighted by Crippen LogP contribution is -2.45. The molecule has 0 saturated heterocycles. The molecule has 0 aliphatic rings. The summed E-state index contributed by atoms with van der Waals surface area (Å²) in [5.41, 5.74) is 1.96. The normalized spacial score (nSPS) is 12.9. The van der Waals surface area contributed by atoms with Crippen LogP contribution in [0.15, 0.2) is 126 Å². The quantitative estimate of drug-likeness (QED) is 0.272. The van der Waals surface area contributed by atoms with Crippen molar-refractivity contribution in [1.29, 1.82) is 0 Å². The Morgan fingerprint density at radius 2 is 1.11 bits per heavy atom. The van der Waals surface area contributed by atoms with Gasteiger partial charge < -0.3 is 10.4 Å². The molecule has 4 aromatic carbocycles. The molecule has 0 fully saturated rings. The number of carboxylic acids is 1. The van der Waals surface area contributed by atoms with Crippen LogP contribution in [-0.4, -0.2) is 33.0 Å². The number of aliphatic carboxylic acids is 1. The molecule has 1 amide bonds. The van der Waals surface area contributed by atoms with Crippen LogP contribution >= 0.6 is 0 Å². The number of carbonyl (C=O) groups excluding carboxylic acids is 1. The fourth-order valence-electron chi connectivity index (χ4n) is 4.63. The third kappa shape index (κ3) is 6.22. The standard InChI is InChI=1S/C31H29NO4S/c33-29(32-28(30(34)35)21-22-37(36)27-19-11-4-12-20-27)23-31(24-13-5-1-6-14-24,25-15-7-2-8-16-25)26-17-9-3-10-18-26/h1-20,28H,21-23H2,(H,32,33)(H,34,35)/t28-,37-/m0/s1. The first-order chi connectivity index (χ1) is 18.0. The van der Waals surface area contributed by atoms with Crippen LogP contribution in [0.4, 0.5) is 0 Å². The zero-order chi connectivity index (χ0) is 26.1. The van der Waals surface area contributed by atoms with E-state index in [-0.39, 0.29) is 18.6 Å². The van der Waals surface area contributed by atoms with Gasteiger partial charge in [-0.05, 0) is 35.2 Å². The van der Waals surface area contributed by atoms with Gasteiger partial charge >= 0.3 is 5.97 Å². The molecule has 188 valence electrons. The van der Waals surface area contributed by atoms with E-state index in [9.17, 15) is 18.9 Å². The van der Waals surface area contributed by atoms with Crippen LogP contribution in [-0.2, 0) is 25.8 Å². The molecule has 0 bridgehead atoms. The van der Waals surface area contributed by atoms with Gasteiger partial charge in [0.15, 0.2) is 0 Å². The maximum Gasteiger partial charge on any atom is 0.326 e. The Morgan fingerprint density at radius 1 is 0.703 bits per heavy atom. The Kier molecular flexibility index (Phi) is 8.64. The van der Waals surface area contributed by atoms with Crippen LogP contribution in [0, 0.1) is 0 Å². The number of carbonyl (C=O) groups is 2. The van der Waals surface area contributed by atoms with Crippen molar-refractivity contribution in [3.8, 4) is 0 Å². The van der Waals surface area contributed by atoms with Crippen molar-refractivity contribution in [3.05, 3.63) is 138 Å². The van der Waals surface area contributed by atoms with Crippen LogP contribution in [0.25, 0.3) is 0 Å². The second kappa shape index (κ2) is 12.3. The Labute approximate surface area is 219 Å². The first kappa shape index (κ1) is 26.0. The van der Waals surface area contributed by atoms with Crippen molar-refractivity contribution in [2.24, 2.45) is 0 Å². The first-order valence-electron chi connectivity index (χ1n) is 12.1. The predicted octanol–water partition coefficient (Wildman–Crippen LogP) is 5.18. The number of hydrogen-bond acceptors (Lipinski definition) is 3. The van der Waals surface area contributed by atoms with Crippen molar-refractivity contribution in [2.45, 2.75) is 29.2 Å². The Morgan fingerprint density at radius 3 is 1.51 bits per heavy atom. The minimum absolute atomic E-state index is 0.0105. The highest BCUT2D eigenvalue weighted by Gasteiger charge is 2.39. The fourth-order valence-corrected chi connectivity index (χ4v) is 5.78. The lowest BCUT2D eigenvalue weighted by atomic mass is 9.67. The van der Waals surface area contributed by atoms with Gasteiger partial charge in [-0.3, -0.25) is 9.00 Å². The number of hydrogen-bond donors (Lipinski definition) is 2. The highest BCUT2D eigenvalue weighted by Crippen LogP contribution is 2.42. The summed E-state index contributed by atoms with van der Waals surface area (Å²) in [7, 11) is -1.36. The number of nitrogens with one attached hydrogen (secondary N) is 1. The van der Waals surface area contributed by atoms with Crippen LogP contribution in [0.5, 0.6) is 0 Å².